The predicted octanol–water partition coefficient (Wildman–Crippen LogP) is -0.522. The quantitative estimate of drug-likeness (QED) is 0.366. The van der Waals surface area contributed by atoms with E-state index in [4.69, 9.17) is 9.59 Å². The highest BCUT2D eigenvalue weighted by molar-refractivity contribution is 5.55. The number of carbonyl (C=O) groups excluding carboxylic acids is 2. The zero-order chi connectivity index (χ0) is 4.12. The maximum atomic E-state index is 8.95. The van der Waals surface area contributed by atoms with Gasteiger partial charge in [-0.05, 0) is 0 Å². The van der Waals surface area contributed by atoms with Gasteiger partial charge < -0.3 is 10.9 Å². The van der Waals surface area contributed by atoms with Crippen LogP contribution in [0, 0.1) is 0 Å². The van der Waals surface area contributed by atoms with Crippen LogP contribution in [0.1, 0.15) is 0 Å². The van der Waals surface area contributed by atoms with Crippen LogP contribution in [0.5, 0.6) is 0 Å². The van der Waals surface area contributed by atoms with E-state index < -0.39 is 0 Å². The van der Waals surface area contributed by atoms with E-state index in [9.17, 15) is 0 Å². The van der Waals surface area contributed by atoms with Gasteiger partial charge in [0.1, 0.15) is 0 Å². The Morgan fingerprint density at radius 1 is 1.17 bits per heavy atom. The Morgan fingerprint density at radius 2 is 1.50 bits per heavy atom. The monoisotopic (exact) mass is 91.0 g/mol. The van der Waals surface area contributed by atoms with E-state index in [0.29, 0.717) is 0 Å². The fraction of sp³-hybridized carbons (Fsp3) is 0. The lowest BCUT2D eigenvalue weighted by Gasteiger charge is -1.65. The summed E-state index contributed by atoms with van der Waals surface area (Å²) in [5.74, 6) is 0. The van der Waals surface area contributed by atoms with Crippen LogP contribution >= 0.6 is 0 Å². The van der Waals surface area contributed by atoms with Crippen LogP contribution in [0.2, 0.25) is 0 Å². The van der Waals surface area contributed by atoms with Crippen molar-refractivity contribution in [3.8, 4) is 0 Å². The minimum atomic E-state index is 0. The van der Waals surface area contributed by atoms with E-state index in [1.807, 2.05) is 0 Å². The van der Waals surface area contributed by atoms with Crippen molar-refractivity contribution >= 4 is 12.9 Å². The maximum Gasteiger partial charge on any atom is 0.300 e. The molecule has 0 atom stereocenters. The lowest BCUT2D eigenvalue weighted by atomic mass is 11.5. The number of rotatable bonds is 2. The summed E-state index contributed by atoms with van der Waals surface area (Å²) < 4.78 is 3.47. The molecule has 3 N–H and O–H groups in total. The van der Waals surface area contributed by atoms with Gasteiger partial charge in [-0.2, -0.15) is 0 Å². The zero-order valence-corrected chi connectivity index (χ0v) is 3.09. The van der Waals surface area contributed by atoms with Gasteiger partial charge in [-0.3, -0.25) is 9.59 Å². The molecule has 4 heteroatoms. The molecule has 0 aliphatic heterocycles. The van der Waals surface area contributed by atoms with Gasteiger partial charge in [0.05, 0.1) is 0 Å². The van der Waals surface area contributed by atoms with Crippen LogP contribution in [0.3, 0.4) is 0 Å². The van der Waals surface area contributed by atoms with Gasteiger partial charge in [0.25, 0.3) is 0 Å². The average molecular weight is 91.1 g/mol. The molecular formula is C2H5NO3. The zero-order valence-electron chi connectivity index (χ0n) is 3.09. The van der Waals surface area contributed by atoms with E-state index >= 15 is 0 Å². The van der Waals surface area contributed by atoms with Crippen molar-refractivity contribution < 1.29 is 14.3 Å². The van der Waals surface area contributed by atoms with Crippen molar-refractivity contribution in [2.45, 2.75) is 0 Å². The second-order valence-corrected chi connectivity index (χ2v) is 0.329. The third-order valence-corrected chi connectivity index (χ3v) is 0.111. The number of hydrogen-bond acceptors (Lipinski definition) is 4. The molecule has 0 heterocycles. The van der Waals surface area contributed by atoms with Crippen molar-refractivity contribution in [1.29, 1.82) is 0 Å². The molecule has 0 saturated carbocycles. The molecule has 0 bridgehead atoms. The Bertz CT molecular complexity index is 38.1. The Hall–Kier alpha value is -0.900. The van der Waals surface area contributed by atoms with Crippen LogP contribution < -0.4 is 6.15 Å². The Labute approximate surface area is 34.7 Å². The molecule has 6 heavy (non-hydrogen) atoms. The number of carbonyl (C=O) groups is 2. The number of hydrogen-bond donors (Lipinski definition) is 1. The first-order valence-electron chi connectivity index (χ1n) is 0.943. The van der Waals surface area contributed by atoms with Crippen LogP contribution in [0.25, 0.3) is 0 Å². The summed E-state index contributed by atoms with van der Waals surface area (Å²) in [6.45, 7) is 0.125. The predicted molar refractivity (Wildman–Crippen MR) is 18.2 cm³/mol. The van der Waals surface area contributed by atoms with Crippen molar-refractivity contribution in [3.63, 3.8) is 0 Å². The van der Waals surface area contributed by atoms with Crippen molar-refractivity contribution in [2.75, 3.05) is 0 Å². The summed E-state index contributed by atoms with van der Waals surface area (Å²) in [5, 5.41) is 0. The van der Waals surface area contributed by atoms with Gasteiger partial charge in [-0.1, -0.05) is 0 Å². The first-order valence-corrected chi connectivity index (χ1v) is 0.943. The van der Waals surface area contributed by atoms with Crippen LogP contribution in [0.4, 0.5) is 0 Å². The third kappa shape index (κ3) is 11.3. The SMILES string of the molecule is N.O=COC=O. The summed E-state index contributed by atoms with van der Waals surface area (Å²) in [6, 6.07) is 0. The topological polar surface area (TPSA) is 78.4 Å². The molecule has 0 aliphatic carbocycles. The molecule has 0 spiro atoms. The van der Waals surface area contributed by atoms with Crippen molar-refractivity contribution in [1.82, 2.24) is 6.15 Å². The molecule has 0 aromatic rings. The smallest absolute Gasteiger partial charge is 0.300 e. The fourth-order valence-corrected chi connectivity index (χ4v) is 0.0227. The molecule has 0 radical (unpaired) electrons. The van der Waals surface area contributed by atoms with Gasteiger partial charge in [0.2, 0.25) is 0 Å². The Morgan fingerprint density at radius 3 is 1.50 bits per heavy atom. The average Bonchev–Trinajstić information content (AvgIpc) is 1.41. The highest BCUT2D eigenvalue weighted by atomic mass is 16.6. The molecule has 0 fully saturated rings. The lowest BCUT2D eigenvalue weighted by Crippen LogP contribution is -1.77. The second-order valence-electron chi connectivity index (χ2n) is 0.329. The van der Waals surface area contributed by atoms with Gasteiger partial charge in [-0.25, -0.2) is 0 Å². The highest BCUT2D eigenvalue weighted by Gasteiger charge is 1.58. The summed E-state index contributed by atoms with van der Waals surface area (Å²) >= 11 is 0. The van der Waals surface area contributed by atoms with Gasteiger partial charge in [0, 0.05) is 0 Å². The van der Waals surface area contributed by atoms with E-state index in [1.165, 1.54) is 0 Å². The van der Waals surface area contributed by atoms with Crippen molar-refractivity contribution in [3.05, 3.63) is 0 Å². The number of ether oxygens (including phenoxy) is 1. The molecule has 0 aromatic carbocycles. The van der Waals surface area contributed by atoms with Gasteiger partial charge >= 0.3 is 12.9 Å². The molecule has 0 unspecified atom stereocenters. The standard InChI is InChI=1S/C2H2O3.H3N/c3-1-5-2-4;/h1-2H;1H3. The minimum Gasteiger partial charge on any atom is -0.398 e. The van der Waals surface area contributed by atoms with Gasteiger partial charge in [-0.15, -0.1) is 0 Å². The minimum absolute atomic E-state index is 0. The van der Waals surface area contributed by atoms with Crippen LogP contribution in [-0.4, -0.2) is 12.9 Å². The van der Waals surface area contributed by atoms with Crippen LogP contribution in [0.15, 0.2) is 0 Å². The normalized spacial score (nSPS) is 4.67. The maximum absolute atomic E-state index is 8.95. The molecule has 4 nitrogen and oxygen atoms in total. The van der Waals surface area contributed by atoms with E-state index in [1.54, 1.807) is 0 Å². The summed E-state index contributed by atoms with van der Waals surface area (Å²) in [4.78, 5) is 17.9. The molecule has 36 valence electrons. The summed E-state index contributed by atoms with van der Waals surface area (Å²) in [5.41, 5.74) is 0. The molecule has 0 amide bonds. The van der Waals surface area contributed by atoms with Crippen LogP contribution in [-0.2, 0) is 14.3 Å². The van der Waals surface area contributed by atoms with E-state index in [2.05, 4.69) is 4.74 Å². The largest absolute Gasteiger partial charge is 0.398 e. The van der Waals surface area contributed by atoms with E-state index in [0.717, 1.165) is 0 Å². The Balaban J connectivity index is 0. The Kier molecular flexibility index (Phi) is 13.3. The first-order chi connectivity index (χ1) is 2.41. The highest BCUT2D eigenvalue weighted by Crippen LogP contribution is 1.40. The molecule has 0 aliphatic rings. The van der Waals surface area contributed by atoms with Crippen molar-refractivity contribution in [2.24, 2.45) is 0 Å². The molecule has 0 rings (SSSR count). The second kappa shape index (κ2) is 8.93. The fourth-order valence-electron chi connectivity index (χ4n) is 0.0227. The summed E-state index contributed by atoms with van der Waals surface area (Å²) in [7, 11) is 0. The van der Waals surface area contributed by atoms with E-state index in [-0.39, 0.29) is 19.1 Å². The molecule has 0 aromatic heterocycles. The summed E-state index contributed by atoms with van der Waals surface area (Å²) in [6.07, 6.45) is 0. The van der Waals surface area contributed by atoms with Gasteiger partial charge in [0.15, 0.2) is 0 Å². The molecule has 0 saturated heterocycles. The molecular weight excluding hydrogens is 86.0 g/mol. The third-order valence-electron chi connectivity index (χ3n) is 0.111. The first kappa shape index (κ1) is 8.92. The lowest BCUT2D eigenvalue weighted by molar-refractivity contribution is -0.141.